The van der Waals surface area contributed by atoms with Crippen LogP contribution in [-0.2, 0) is 27.6 Å². The number of carbonyl (C=O) groups is 1. The van der Waals surface area contributed by atoms with Gasteiger partial charge in [0.1, 0.15) is 0 Å². The number of benzene rings is 4. The molecule has 0 spiro atoms. The summed E-state index contributed by atoms with van der Waals surface area (Å²) in [6, 6.07) is 33.7. The summed E-state index contributed by atoms with van der Waals surface area (Å²) < 4.78 is 40.5. The van der Waals surface area contributed by atoms with E-state index >= 15 is 0 Å². The predicted molar refractivity (Wildman–Crippen MR) is 174 cm³/mol. The minimum Gasteiger partial charge on any atom is -0.461 e. The largest absolute Gasteiger partial charge is 0.461 e. The molecule has 0 aliphatic heterocycles. The van der Waals surface area contributed by atoms with E-state index in [1.807, 2.05) is 88.8 Å². The Kier molecular flexibility index (Phi) is 7.52. The van der Waals surface area contributed by atoms with E-state index in [2.05, 4.69) is 10.5 Å². The predicted octanol–water partition coefficient (Wildman–Crippen LogP) is 6.62. The average molecular weight is 633 g/mol. The molecule has 0 bridgehead atoms. The molecule has 4 aromatic carbocycles. The lowest BCUT2D eigenvalue weighted by atomic mass is 9.89. The second kappa shape index (κ2) is 11.8. The summed E-state index contributed by atoms with van der Waals surface area (Å²) in [6.45, 7) is 1.99. The number of aromatic nitrogens is 3. The third kappa shape index (κ3) is 5.32. The lowest BCUT2D eigenvalue weighted by molar-refractivity contribution is 0.0514. The van der Waals surface area contributed by atoms with Crippen LogP contribution in [0.25, 0.3) is 33.9 Å². The normalized spacial score (nSPS) is 12.9. The maximum atomic E-state index is 13.7. The van der Waals surface area contributed by atoms with Crippen molar-refractivity contribution in [3.8, 4) is 33.9 Å². The molecule has 2 heterocycles. The Morgan fingerprint density at radius 1 is 0.867 bits per heavy atom. The van der Waals surface area contributed by atoms with Crippen molar-refractivity contribution in [3.63, 3.8) is 0 Å². The molecule has 0 atom stereocenters. The molecule has 8 nitrogen and oxygen atoms in total. The van der Waals surface area contributed by atoms with Gasteiger partial charge in [0.15, 0.2) is 5.69 Å². The third-order valence-electron chi connectivity index (χ3n) is 7.74. The molecule has 0 unspecified atom stereocenters. The van der Waals surface area contributed by atoms with Crippen molar-refractivity contribution in [2.75, 3.05) is 6.61 Å². The van der Waals surface area contributed by atoms with Crippen LogP contribution in [0.15, 0.2) is 124 Å². The lowest BCUT2D eigenvalue weighted by Crippen LogP contribution is -2.17. The molecule has 0 fully saturated rings. The highest BCUT2D eigenvalue weighted by atomic mass is 32.2. The number of thiazole rings is 1. The lowest BCUT2D eigenvalue weighted by Gasteiger charge is -2.15. The molecule has 0 saturated carbocycles. The molecule has 0 saturated heterocycles. The van der Waals surface area contributed by atoms with Gasteiger partial charge in [-0.25, -0.2) is 9.48 Å². The first kappa shape index (κ1) is 28.7. The van der Waals surface area contributed by atoms with Gasteiger partial charge in [-0.05, 0) is 67.3 Å². The topological polar surface area (TPSA) is 95.5 Å². The number of esters is 1. The van der Waals surface area contributed by atoms with Crippen LogP contribution < -0.4 is 4.80 Å². The van der Waals surface area contributed by atoms with E-state index in [1.165, 1.54) is 29.0 Å². The Balaban J connectivity index is 1.30. The van der Waals surface area contributed by atoms with Gasteiger partial charge in [0.2, 0.25) is 4.80 Å². The van der Waals surface area contributed by atoms with Crippen LogP contribution in [0.3, 0.4) is 0 Å². The number of nitrogens with zero attached hydrogens (tertiary/aromatic N) is 4. The van der Waals surface area contributed by atoms with E-state index in [4.69, 9.17) is 9.84 Å². The molecule has 7 rings (SSSR count). The van der Waals surface area contributed by atoms with Gasteiger partial charge in [0.05, 0.1) is 28.6 Å². The molecule has 45 heavy (non-hydrogen) atoms. The molecule has 1 aliphatic carbocycles. The molecule has 0 radical (unpaired) electrons. The van der Waals surface area contributed by atoms with Gasteiger partial charge in [-0.3, -0.25) is 4.57 Å². The number of para-hydroxylation sites is 1. The van der Waals surface area contributed by atoms with Gasteiger partial charge >= 0.3 is 5.97 Å². The Hall–Kier alpha value is -5.06. The second-order valence-electron chi connectivity index (χ2n) is 10.5. The zero-order valence-corrected chi connectivity index (χ0v) is 26.0. The smallest absolute Gasteiger partial charge is 0.357 e. The highest BCUT2D eigenvalue weighted by Crippen LogP contribution is 2.36. The molecule has 0 amide bonds. The number of hydrogen-bond donors (Lipinski definition) is 0. The molecule has 2 aromatic heterocycles. The Bertz CT molecular complexity index is 2200. The summed E-state index contributed by atoms with van der Waals surface area (Å²) in [5.74, 6) is -0.463. The van der Waals surface area contributed by atoms with Crippen molar-refractivity contribution >= 4 is 27.3 Å². The first-order chi connectivity index (χ1) is 21.9. The monoisotopic (exact) mass is 632 g/mol. The fraction of sp³-hybridized carbons (Fsp3) is 0.114. The highest BCUT2D eigenvalue weighted by Gasteiger charge is 2.30. The number of hydrogen-bond acceptors (Lipinski definition) is 6. The number of fused-ring (bicyclic) bond motifs is 3. The summed E-state index contributed by atoms with van der Waals surface area (Å²) in [5, 5.41) is 6.75. The van der Waals surface area contributed by atoms with Gasteiger partial charge in [-0.15, -0.1) is 15.7 Å². The van der Waals surface area contributed by atoms with Crippen molar-refractivity contribution in [1.82, 2.24) is 14.3 Å². The number of rotatable bonds is 7. The van der Waals surface area contributed by atoms with Crippen LogP contribution >= 0.6 is 11.3 Å². The Morgan fingerprint density at radius 2 is 1.56 bits per heavy atom. The second-order valence-corrected chi connectivity index (χ2v) is 12.9. The molecular formula is C35H28N4O4S2. The first-order valence-electron chi connectivity index (χ1n) is 14.5. The van der Waals surface area contributed by atoms with E-state index < -0.39 is 16.0 Å². The van der Waals surface area contributed by atoms with E-state index in [0.717, 1.165) is 40.2 Å². The maximum absolute atomic E-state index is 13.7. The van der Waals surface area contributed by atoms with Gasteiger partial charge in [0.25, 0.3) is 10.0 Å². The number of sulfonamides is 1. The molecule has 6 aromatic rings. The molecule has 224 valence electrons. The Labute approximate surface area is 264 Å². The van der Waals surface area contributed by atoms with Gasteiger partial charge in [-0.1, -0.05) is 72.8 Å². The summed E-state index contributed by atoms with van der Waals surface area (Å²) in [7, 11) is -4.10. The van der Waals surface area contributed by atoms with Crippen molar-refractivity contribution in [2.45, 2.75) is 24.7 Å². The van der Waals surface area contributed by atoms with E-state index in [1.54, 1.807) is 23.7 Å². The van der Waals surface area contributed by atoms with Gasteiger partial charge in [-0.2, -0.15) is 13.5 Å². The average Bonchev–Trinajstić information content (AvgIpc) is 3.68. The van der Waals surface area contributed by atoms with Crippen LogP contribution in [0.1, 0.15) is 28.5 Å². The van der Waals surface area contributed by atoms with Crippen LogP contribution in [0, 0.1) is 0 Å². The van der Waals surface area contributed by atoms with Crippen molar-refractivity contribution < 1.29 is 17.9 Å². The van der Waals surface area contributed by atoms with Crippen molar-refractivity contribution in [3.05, 3.63) is 136 Å². The Morgan fingerprint density at radius 3 is 2.29 bits per heavy atom. The minimum atomic E-state index is -4.10. The fourth-order valence-corrected chi connectivity index (χ4v) is 7.76. The zero-order chi connectivity index (χ0) is 31.0. The van der Waals surface area contributed by atoms with E-state index in [-0.39, 0.29) is 11.5 Å². The zero-order valence-electron chi connectivity index (χ0n) is 24.3. The maximum Gasteiger partial charge on any atom is 0.357 e. The number of ether oxygens (including phenoxy) is 1. The summed E-state index contributed by atoms with van der Waals surface area (Å²) in [5.41, 5.74) is 7.22. The standard InChI is InChI=1S/C35H28N4O4S2/c1-2-43-34(40)33-30-22-17-24-11-9-10-16-29(24)32(30)36-39(33)27-18-20-28(21-19-27)45(41,42)37-35-38(26-14-7-4-8-15-26)31(23-44-35)25-12-5-3-6-13-25/h3-16,18-21,23H,2,17,22H2,1H3/b37-35-. The summed E-state index contributed by atoms with van der Waals surface area (Å²) in [6.07, 6.45) is 1.44. The van der Waals surface area contributed by atoms with Crippen LogP contribution in [0.2, 0.25) is 0 Å². The SMILES string of the molecule is CCOC(=O)c1c2c(nn1-c1ccc(S(=O)(=O)/N=c3\scc(-c4ccccc4)n3-c3ccccc3)cc1)-c1ccccc1CC2. The molecule has 0 N–H and O–H groups in total. The highest BCUT2D eigenvalue weighted by molar-refractivity contribution is 7.90. The van der Waals surface area contributed by atoms with Crippen LogP contribution in [0.4, 0.5) is 0 Å². The summed E-state index contributed by atoms with van der Waals surface area (Å²) in [4.78, 5) is 13.5. The number of aryl methyl sites for hydroxylation is 1. The molecular weight excluding hydrogens is 605 g/mol. The molecule has 1 aliphatic rings. The molecule has 10 heteroatoms. The van der Waals surface area contributed by atoms with Gasteiger partial charge in [0, 0.05) is 22.2 Å². The first-order valence-corrected chi connectivity index (χ1v) is 16.9. The van der Waals surface area contributed by atoms with Crippen molar-refractivity contribution in [1.29, 1.82) is 0 Å². The van der Waals surface area contributed by atoms with Crippen molar-refractivity contribution in [2.24, 2.45) is 4.40 Å². The van der Waals surface area contributed by atoms with Crippen LogP contribution in [0.5, 0.6) is 0 Å². The van der Waals surface area contributed by atoms with E-state index in [0.29, 0.717) is 22.6 Å². The number of carbonyl (C=O) groups excluding carboxylic acids is 1. The fourth-order valence-electron chi connectivity index (χ4n) is 5.66. The van der Waals surface area contributed by atoms with E-state index in [9.17, 15) is 13.2 Å². The van der Waals surface area contributed by atoms with Gasteiger partial charge < -0.3 is 4.74 Å². The quantitative estimate of drug-likeness (QED) is 0.184. The third-order valence-corrected chi connectivity index (χ3v) is 9.96. The summed E-state index contributed by atoms with van der Waals surface area (Å²) >= 11 is 1.26. The minimum absolute atomic E-state index is 0.0282. The van der Waals surface area contributed by atoms with Crippen LogP contribution in [-0.4, -0.2) is 35.3 Å².